The maximum atomic E-state index is 12.3. The van der Waals surface area contributed by atoms with Gasteiger partial charge in [-0.3, -0.25) is 0 Å². The van der Waals surface area contributed by atoms with Gasteiger partial charge in [-0.1, -0.05) is 5.16 Å². The van der Waals surface area contributed by atoms with E-state index >= 15 is 0 Å². The molecule has 2 unspecified atom stereocenters. The van der Waals surface area contributed by atoms with Crippen LogP contribution in [0.1, 0.15) is 25.1 Å². The Kier molecular flexibility index (Phi) is 2.66. The van der Waals surface area contributed by atoms with Crippen molar-refractivity contribution in [3.63, 3.8) is 0 Å². The number of alkyl halides is 3. The lowest BCUT2D eigenvalue weighted by molar-refractivity contribution is -0.159. The lowest BCUT2D eigenvalue weighted by Crippen LogP contribution is -2.40. The van der Waals surface area contributed by atoms with Crippen LogP contribution in [0, 0.1) is 0 Å². The van der Waals surface area contributed by atoms with Crippen LogP contribution >= 0.6 is 0 Å². The number of aromatic nitrogens is 2. The molecule has 8 heteroatoms. The van der Waals surface area contributed by atoms with E-state index in [1.807, 2.05) is 18.9 Å². The van der Waals surface area contributed by atoms with Crippen LogP contribution < -0.4 is 5.73 Å². The molecule has 0 bridgehead atoms. The number of hydrogen-bond donors (Lipinski definition) is 1. The average Bonchev–Trinajstić information content (AvgIpc) is 2.72. The van der Waals surface area contributed by atoms with Gasteiger partial charge in [0.15, 0.2) is 5.82 Å². The Hall–Kier alpha value is -1.15. The van der Waals surface area contributed by atoms with Gasteiger partial charge in [0.25, 0.3) is 0 Å². The molecule has 2 N–H and O–H groups in total. The zero-order valence-electron chi connectivity index (χ0n) is 9.45. The van der Waals surface area contributed by atoms with Crippen molar-refractivity contribution in [1.29, 1.82) is 0 Å². The Morgan fingerprint density at radius 2 is 2.18 bits per heavy atom. The molecule has 0 spiro atoms. The lowest BCUT2D eigenvalue weighted by Gasteiger charge is -2.18. The van der Waals surface area contributed by atoms with Crippen LogP contribution in [0.5, 0.6) is 0 Å². The molecule has 2 heterocycles. The van der Waals surface area contributed by atoms with E-state index < -0.39 is 17.6 Å². The highest BCUT2D eigenvalue weighted by molar-refractivity contribution is 5.11. The molecule has 1 aliphatic heterocycles. The molecule has 0 amide bonds. The van der Waals surface area contributed by atoms with Gasteiger partial charge in [-0.2, -0.15) is 18.2 Å². The van der Waals surface area contributed by atoms with Crippen LogP contribution in [-0.2, 0) is 11.7 Å². The second kappa shape index (κ2) is 3.67. The molecular weight excluding hydrogens is 237 g/mol. The van der Waals surface area contributed by atoms with Crippen LogP contribution in [0.4, 0.5) is 13.2 Å². The normalized spacial score (nSPS) is 31.1. The van der Waals surface area contributed by atoms with Crippen molar-refractivity contribution in [3.8, 4) is 0 Å². The smallest absolute Gasteiger partial charge is 0.329 e. The van der Waals surface area contributed by atoms with E-state index in [0.29, 0.717) is 13.0 Å². The summed E-state index contributed by atoms with van der Waals surface area (Å²) in [5, 5.41) is 3.35. The Balaban J connectivity index is 2.27. The van der Waals surface area contributed by atoms with E-state index in [9.17, 15) is 13.2 Å². The summed E-state index contributed by atoms with van der Waals surface area (Å²) in [6, 6.07) is 0.174. The van der Waals surface area contributed by atoms with Crippen LogP contribution in [-0.4, -0.2) is 34.7 Å². The number of likely N-dealkylation sites (N-methyl/N-ethyl adjacent to an activating group) is 1. The first-order chi connectivity index (χ1) is 7.72. The maximum Gasteiger partial charge on any atom is 0.471 e. The van der Waals surface area contributed by atoms with Crippen LogP contribution in [0.2, 0.25) is 0 Å². The summed E-state index contributed by atoms with van der Waals surface area (Å²) < 4.78 is 41.1. The largest absolute Gasteiger partial charge is 0.471 e. The highest BCUT2D eigenvalue weighted by Crippen LogP contribution is 2.33. The third-order valence-electron chi connectivity index (χ3n) is 3.06. The summed E-state index contributed by atoms with van der Waals surface area (Å²) in [5.41, 5.74) is 5.05. The Bertz CT molecular complexity index is 407. The number of nitrogens with two attached hydrogens (primary N) is 1. The minimum absolute atomic E-state index is 0.0824. The fourth-order valence-electron chi connectivity index (χ4n) is 2.05. The Labute approximate surface area is 95.8 Å². The SMILES string of the molecule is CC1CC(N)(c2noc(C(F)(F)F)n2)CN1C. The van der Waals surface area contributed by atoms with E-state index in [0.717, 1.165) is 0 Å². The minimum atomic E-state index is -4.63. The number of likely N-dealkylation sites (tertiary alicyclic amines) is 1. The predicted octanol–water partition coefficient (Wildman–Crippen LogP) is 0.966. The van der Waals surface area contributed by atoms with Gasteiger partial charge >= 0.3 is 12.1 Å². The van der Waals surface area contributed by atoms with Gasteiger partial charge in [0.1, 0.15) is 0 Å². The van der Waals surface area contributed by atoms with Crippen molar-refractivity contribution in [3.05, 3.63) is 11.7 Å². The molecular formula is C9H13F3N4O. The van der Waals surface area contributed by atoms with E-state index in [1.54, 1.807) is 0 Å². The van der Waals surface area contributed by atoms with E-state index in [-0.39, 0.29) is 11.9 Å². The molecule has 0 aliphatic carbocycles. The van der Waals surface area contributed by atoms with E-state index in [1.165, 1.54) is 0 Å². The van der Waals surface area contributed by atoms with Gasteiger partial charge in [-0.05, 0) is 20.4 Å². The van der Waals surface area contributed by atoms with Crippen molar-refractivity contribution in [2.45, 2.75) is 31.1 Å². The second-order valence-electron chi connectivity index (χ2n) is 4.55. The Morgan fingerprint density at radius 1 is 1.53 bits per heavy atom. The molecule has 1 aromatic rings. The summed E-state index contributed by atoms with van der Waals surface area (Å²) >= 11 is 0. The molecule has 5 nitrogen and oxygen atoms in total. The molecule has 0 radical (unpaired) electrons. The van der Waals surface area contributed by atoms with Gasteiger partial charge in [-0.25, -0.2) is 0 Å². The molecule has 2 atom stereocenters. The fraction of sp³-hybridized carbons (Fsp3) is 0.778. The topological polar surface area (TPSA) is 68.2 Å². The van der Waals surface area contributed by atoms with Gasteiger partial charge in [0.05, 0.1) is 5.54 Å². The average molecular weight is 250 g/mol. The molecule has 1 saturated heterocycles. The third kappa shape index (κ3) is 2.14. The minimum Gasteiger partial charge on any atom is -0.329 e. The van der Waals surface area contributed by atoms with Crippen molar-refractivity contribution in [1.82, 2.24) is 15.0 Å². The second-order valence-corrected chi connectivity index (χ2v) is 4.55. The van der Waals surface area contributed by atoms with Crippen molar-refractivity contribution >= 4 is 0 Å². The van der Waals surface area contributed by atoms with E-state index in [2.05, 4.69) is 14.7 Å². The van der Waals surface area contributed by atoms with Crippen molar-refractivity contribution in [2.75, 3.05) is 13.6 Å². The van der Waals surface area contributed by atoms with Gasteiger partial charge in [-0.15, -0.1) is 0 Å². The Morgan fingerprint density at radius 3 is 2.59 bits per heavy atom. The molecule has 2 rings (SSSR count). The number of nitrogens with zero attached hydrogens (tertiary/aromatic N) is 3. The summed E-state index contributed by atoms with van der Waals surface area (Å²) in [6.45, 7) is 2.35. The zero-order chi connectivity index (χ0) is 12.8. The molecule has 1 aliphatic rings. The molecule has 96 valence electrons. The molecule has 0 aromatic carbocycles. The summed E-state index contributed by atoms with van der Waals surface area (Å²) in [6.07, 6.45) is -4.13. The number of hydrogen-bond acceptors (Lipinski definition) is 5. The summed E-state index contributed by atoms with van der Waals surface area (Å²) in [4.78, 5) is 5.30. The quantitative estimate of drug-likeness (QED) is 0.804. The van der Waals surface area contributed by atoms with Gasteiger partial charge < -0.3 is 15.2 Å². The first-order valence-electron chi connectivity index (χ1n) is 5.13. The highest BCUT2D eigenvalue weighted by Gasteiger charge is 2.45. The summed E-state index contributed by atoms with van der Waals surface area (Å²) in [7, 11) is 1.85. The zero-order valence-corrected chi connectivity index (χ0v) is 9.45. The van der Waals surface area contributed by atoms with Crippen LogP contribution in [0.25, 0.3) is 0 Å². The standard InChI is InChI=1S/C9H13F3N4O/c1-5-3-8(13,4-16(5)2)6-14-7(17-15-6)9(10,11)12/h5H,3-4,13H2,1-2H3. The molecule has 17 heavy (non-hydrogen) atoms. The number of halogens is 3. The van der Waals surface area contributed by atoms with Crippen molar-refractivity contribution in [2.24, 2.45) is 5.73 Å². The van der Waals surface area contributed by atoms with Crippen LogP contribution in [0.15, 0.2) is 4.52 Å². The molecule has 1 fully saturated rings. The van der Waals surface area contributed by atoms with Gasteiger partial charge in [0.2, 0.25) is 0 Å². The van der Waals surface area contributed by atoms with Gasteiger partial charge in [0, 0.05) is 12.6 Å². The lowest BCUT2D eigenvalue weighted by atomic mass is 9.97. The van der Waals surface area contributed by atoms with Crippen molar-refractivity contribution < 1.29 is 17.7 Å². The maximum absolute atomic E-state index is 12.3. The van der Waals surface area contributed by atoms with Crippen LogP contribution in [0.3, 0.4) is 0 Å². The molecule has 0 saturated carbocycles. The fourth-order valence-corrected chi connectivity index (χ4v) is 2.05. The molecule has 1 aromatic heterocycles. The first kappa shape index (κ1) is 12.3. The predicted molar refractivity (Wildman–Crippen MR) is 51.9 cm³/mol. The van der Waals surface area contributed by atoms with E-state index in [4.69, 9.17) is 5.73 Å². The monoisotopic (exact) mass is 250 g/mol. The first-order valence-corrected chi connectivity index (χ1v) is 5.13. The number of rotatable bonds is 1. The third-order valence-corrected chi connectivity index (χ3v) is 3.06. The summed E-state index contributed by atoms with van der Waals surface area (Å²) in [5.74, 6) is -1.43. The highest BCUT2D eigenvalue weighted by atomic mass is 19.4.